The van der Waals surface area contributed by atoms with Crippen LogP contribution in [0.4, 0.5) is 10.2 Å². The minimum absolute atomic E-state index is 0.150. The maximum absolute atomic E-state index is 14.2. The number of nitrogens with one attached hydrogen (secondary N) is 1. The van der Waals surface area contributed by atoms with E-state index < -0.39 is 5.82 Å². The van der Waals surface area contributed by atoms with Gasteiger partial charge in [-0.2, -0.15) is 5.10 Å². The number of thiocarbonyl (C=S) groups is 1. The number of anilines is 1. The van der Waals surface area contributed by atoms with Crippen molar-refractivity contribution in [3.8, 4) is 0 Å². The van der Waals surface area contributed by atoms with Crippen LogP contribution in [0.15, 0.2) is 85.1 Å². The highest BCUT2D eigenvalue weighted by atomic mass is 35.5. The maximum atomic E-state index is 14.2. The third-order valence-corrected chi connectivity index (χ3v) is 6.03. The Labute approximate surface area is 207 Å². The van der Waals surface area contributed by atoms with E-state index in [2.05, 4.69) is 34.7 Å². The lowest BCUT2D eigenvalue weighted by molar-refractivity contribution is 0.412. The highest BCUT2D eigenvalue weighted by molar-refractivity contribution is 7.80. The maximum Gasteiger partial charge on any atom is 0.175 e. The first kappa shape index (κ1) is 23.2. The van der Waals surface area contributed by atoms with Gasteiger partial charge in [0.15, 0.2) is 10.9 Å². The summed E-state index contributed by atoms with van der Waals surface area (Å²) >= 11 is 18.3. The number of rotatable bonds is 7. The summed E-state index contributed by atoms with van der Waals surface area (Å²) < 4.78 is 15.7. The average Bonchev–Trinajstić information content (AvgIpc) is 3.16. The highest BCUT2D eigenvalue weighted by Gasteiger charge is 2.16. The minimum atomic E-state index is -0.393. The van der Waals surface area contributed by atoms with Gasteiger partial charge in [-0.25, -0.2) is 4.39 Å². The predicted octanol–water partition coefficient (Wildman–Crippen LogP) is 6.78. The van der Waals surface area contributed by atoms with Gasteiger partial charge in [-0.05, 0) is 35.5 Å². The van der Waals surface area contributed by atoms with Gasteiger partial charge in [-0.15, -0.1) is 0 Å². The quantitative estimate of drug-likeness (QED) is 0.284. The Kier molecular flexibility index (Phi) is 7.60. The van der Waals surface area contributed by atoms with Crippen molar-refractivity contribution in [3.05, 3.63) is 118 Å². The molecule has 168 valence electrons. The number of halogens is 3. The Balaban J connectivity index is 1.52. The molecule has 0 fully saturated rings. The standard InChI is InChI=1S/C25H21Cl2FN4S/c26-21-12-7-13-23(28)20(21)16-32-17-22(27)24(30-32)29-25(33)31(14-18-8-3-1-4-9-18)15-19-10-5-2-6-11-19/h1-13,17H,14-16H2,(H,29,30,33). The Morgan fingerprint density at radius 3 is 2.06 bits per heavy atom. The van der Waals surface area contributed by atoms with Gasteiger partial charge in [-0.1, -0.05) is 89.9 Å². The van der Waals surface area contributed by atoms with Crippen LogP contribution in [0.3, 0.4) is 0 Å². The van der Waals surface area contributed by atoms with E-state index in [0.717, 1.165) is 11.1 Å². The van der Waals surface area contributed by atoms with Crippen LogP contribution in [0.5, 0.6) is 0 Å². The van der Waals surface area contributed by atoms with E-state index in [-0.39, 0.29) is 6.54 Å². The summed E-state index contributed by atoms with van der Waals surface area (Å²) in [5, 5.41) is 8.81. The van der Waals surface area contributed by atoms with Gasteiger partial charge in [0.25, 0.3) is 0 Å². The van der Waals surface area contributed by atoms with E-state index in [1.165, 1.54) is 10.7 Å². The number of aromatic nitrogens is 2. The molecule has 0 bridgehead atoms. The van der Waals surface area contributed by atoms with E-state index in [4.69, 9.17) is 35.4 Å². The molecule has 0 spiro atoms. The van der Waals surface area contributed by atoms with Gasteiger partial charge in [0.1, 0.15) is 10.8 Å². The Hall–Kier alpha value is -2.93. The summed E-state index contributed by atoms with van der Waals surface area (Å²) in [6, 6.07) is 24.8. The zero-order chi connectivity index (χ0) is 23.2. The SMILES string of the molecule is Fc1cccc(Cl)c1Cn1cc(Cl)c(NC(=S)N(Cc2ccccc2)Cc2ccccc2)n1. The first-order valence-corrected chi connectivity index (χ1v) is 11.5. The average molecular weight is 499 g/mol. The second-order valence-corrected chi connectivity index (χ2v) is 8.68. The molecule has 0 aliphatic rings. The molecule has 0 aliphatic heterocycles. The van der Waals surface area contributed by atoms with Crippen LogP contribution >= 0.6 is 35.4 Å². The van der Waals surface area contributed by atoms with Gasteiger partial charge < -0.3 is 10.2 Å². The van der Waals surface area contributed by atoms with Gasteiger partial charge in [0.05, 0.1) is 6.54 Å². The lowest BCUT2D eigenvalue weighted by atomic mass is 10.2. The highest BCUT2D eigenvalue weighted by Crippen LogP contribution is 2.24. The fourth-order valence-corrected chi connectivity index (χ4v) is 4.04. The van der Waals surface area contributed by atoms with Crippen molar-refractivity contribution in [1.29, 1.82) is 0 Å². The van der Waals surface area contributed by atoms with E-state index in [9.17, 15) is 4.39 Å². The fraction of sp³-hybridized carbons (Fsp3) is 0.120. The topological polar surface area (TPSA) is 33.1 Å². The summed E-state index contributed by atoms with van der Waals surface area (Å²) in [5.41, 5.74) is 2.61. The largest absolute Gasteiger partial charge is 0.340 e. The molecule has 4 aromatic rings. The third-order valence-electron chi connectivity index (χ3n) is 5.04. The molecule has 0 saturated heterocycles. The van der Waals surface area contributed by atoms with Crippen LogP contribution in [-0.4, -0.2) is 19.8 Å². The van der Waals surface area contributed by atoms with Crippen molar-refractivity contribution in [1.82, 2.24) is 14.7 Å². The van der Waals surface area contributed by atoms with Crippen molar-refractivity contribution < 1.29 is 4.39 Å². The Morgan fingerprint density at radius 1 is 0.879 bits per heavy atom. The minimum Gasteiger partial charge on any atom is -0.340 e. The molecule has 0 unspecified atom stereocenters. The zero-order valence-corrected chi connectivity index (χ0v) is 19.9. The molecule has 0 aliphatic carbocycles. The number of benzene rings is 3. The molecular formula is C25H21Cl2FN4S. The molecule has 1 N–H and O–H groups in total. The van der Waals surface area contributed by atoms with Crippen LogP contribution in [0.1, 0.15) is 16.7 Å². The van der Waals surface area contributed by atoms with Crippen molar-refractivity contribution in [2.24, 2.45) is 0 Å². The van der Waals surface area contributed by atoms with Crippen molar-refractivity contribution >= 4 is 46.4 Å². The van der Waals surface area contributed by atoms with E-state index in [1.54, 1.807) is 18.3 Å². The van der Waals surface area contributed by atoms with Crippen LogP contribution in [0, 0.1) is 5.82 Å². The van der Waals surface area contributed by atoms with E-state index in [1.807, 2.05) is 41.3 Å². The summed E-state index contributed by atoms with van der Waals surface area (Å²) in [6.07, 6.45) is 1.62. The molecule has 8 heteroatoms. The Morgan fingerprint density at radius 2 is 1.48 bits per heavy atom. The second kappa shape index (κ2) is 10.8. The monoisotopic (exact) mass is 498 g/mol. The molecular weight excluding hydrogens is 478 g/mol. The number of hydrogen-bond donors (Lipinski definition) is 1. The Bertz CT molecular complexity index is 1170. The smallest absolute Gasteiger partial charge is 0.175 e. The normalized spacial score (nSPS) is 10.8. The molecule has 1 heterocycles. The molecule has 4 nitrogen and oxygen atoms in total. The lowest BCUT2D eigenvalue weighted by Crippen LogP contribution is -2.34. The van der Waals surface area contributed by atoms with Gasteiger partial charge in [0, 0.05) is 29.9 Å². The fourth-order valence-electron chi connectivity index (χ4n) is 3.40. The van der Waals surface area contributed by atoms with Crippen LogP contribution in [0.2, 0.25) is 10.0 Å². The summed E-state index contributed by atoms with van der Waals surface area (Å²) in [5.74, 6) is 0.0105. The molecule has 1 aromatic heterocycles. The van der Waals surface area contributed by atoms with Crippen LogP contribution < -0.4 is 5.32 Å². The molecule has 0 radical (unpaired) electrons. The second-order valence-electron chi connectivity index (χ2n) is 7.48. The number of hydrogen-bond acceptors (Lipinski definition) is 2. The summed E-state index contributed by atoms with van der Waals surface area (Å²) in [6.45, 7) is 1.38. The van der Waals surface area contributed by atoms with Gasteiger partial charge in [-0.3, -0.25) is 4.68 Å². The molecule has 0 atom stereocenters. The number of nitrogens with zero attached hydrogens (tertiary/aromatic N) is 3. The van der Waals surface area contributed by atoms with Crippen molar-refractivity contribution in [2.75, 3.05) is 5.32 Å². The molecule has 0 saturated carbocycles. The van der Waals surface area contributed by atoms with E-state index >= 15 is 0 Å². The summed E-state index contributed by atoms with van der Waals surface area (Å²) in [7, 11) is 0. The first-order chi connectivity index (χ1) is 16.0. The lowest BCUT2D eigenvalue weighted by Gasteiger charge is -2.26. The predicted molar refractivity (Wildman–Crippen MR) is 136 cm³/mol. The van der Waals surface area contributed by atoms with Crippen molar-refractivity contribution in [3.63, 3.8) is 0 Å². The molecule has 0 amide bonds. The van der Waals surface area contributed by atoms with E-state index in [0.29, 0.717) is 39.6 Å². The van der Waals surface area contributed by atoms with Gasteiger partial charge >= 0.3 is 0 Å². The zero-order valence-electron chi connectivity index (χ0n) is 17.6. The third kappa shape index (κ3) is 6.11. The van der Waals surface area contributed by atoms with Crippen LogP contribution in [-0.2, 0) is 19.6 Å². The van der Waals surface area contributed by atoms with Crippen LogP contribution in [0.25, 0.3) is 0 Å². The van der Waals surface area contributed by atoms with Crippen molar-refractivity contribution in [2.45, 2.75) is 19.6 Å². The molecule has 3 aromatic carbocycles. The molecule has 33 heavy (non-hydrogen) atoms. The first-order valence-electron chi connectivity index (χ1n) is 10.3. The molecule has 4 rings (SSSR count). The summed E-state index contributed by atoms with van der Waals surface area (Å²) in [4.78, 5) is 2.04. The van der Waals surface area contributed by atoms with Gasteiger partial charge in [0.2, 0.25) is 0 Å².